The third-order valence-electron chi connectivity index (χ3n) is 3.27. The van der Waals surface area contributed by atoms with Gasteiger partial charge in [0.05, 0.1) is 16.8 Å². The molecule has 0 saturated heterocycles. The van der Waals surface area contributed by atoms with E-state index in [1.54, 1.807) is 19.1 Å². The summed E-state index contributed by atoms with van der Waals surface area (Å²) >= 11 is 1.52. The van der Waals surface area contributed by atoms with Gasteiger partial charge in [0.2, 0.25) is 0 Å². The first kappa shape index (κ1) is 14.6. The Morgan fingerprint density at radius 3 is 2.77 bits per heavy atom. The molecule has 8 heteroatoms. The number of nitrogens with one attached hydrogen (secondary N) is 1. The molecule has 2 heterocycles. The summed E-state index contributed by atoms with van der Waals surface area (Å²) in [5.74, 6) is -0.371. The Morgan fingerprint density at radius 2 is 2.18 bits per heavy atom. The van der Waals surface area contributed by atoms with Crippen molar-refractivity contribution in [2.45, 2.75) is 18.3 Å². The molecule has 0 fully saturated rings. The number of aliphatic imine (C=N–C) groups is 1. The van der Waals surface area contributed by atoms with Crippen molar-refractivity contribution in [1.29, 1.82) is 0 Å². The van der Waals surface area contributed by atoms with Gasteiger partial charge in [-0.25, -0.2) is 4.79 Å². The Hall–Kier alpha value is -2.35. The van der Waals surface area contributed by atoms with Crippen molar-refractivity contribution in [3.05, 3.63) is 51.7 Å². The first-order valence-corrected chi connectivity index (χ1v) is 7.61. The third-order valence-corrected chi connectivity index (χ3v) is 4.50. The lowest BCUT2D eigenvalue weighted by Crippen LogP contribution is -2.28. The summed E-state index contributed by atoms with van der Waals surface area (Å²) in [5, 5.41) is 14.5. The standard InChI is InChI=1S/C14H13N3O4S/c1-2-21-14(18)10-7-11-12(15-10)16-13(22-11)8-3-5-9(6-4-8)17(19)20/h3-7,11-12,15H,2H2,1H3. The molecule has 114 valence electrons. The first-order valence-electron chi connectivity index (χ1n) is 6.73. The molecule has 0 amide bonds. The Balaban J connectivity index is 1.70. The Labute approximate surface area is 130 Å². The number of carbonyl (C=O) groups excluding carboxylic acids is 1. The second kappa shape index (κ2) is 5.80. The van der Waals surface area contributed by atoms with Crippen molar-refractivity contribution < 1.29 is 14.5 Å². The van der Waals surface area contributed by atoms with Crippen molar-refractivity contribution in [3.63, 3.8) is 0 Å². The Kier molecular flexibility index (Phi) is 3.84. The van der Waals surface area contributed by atoms with Crippen molar-refractivity contribution >= 4 is 28.5 Å². The van der Waals surface area contributed by atoms with Crippen LogP contribution < -0.4 is 5.32 Å². The lowest BCUT2D eigenvalue weighted by molar-refractivity contribution is -0.384. The molecule has 1 aromatic rings. The van der Waals surface area contributed by atoms with Gasteiger partial charge in [0.25, 0.3) is 5.69 Å². The summed E-state index contributed by atoms with van der Waals surface area (Å²) in [5.41, 5.74) is 1.32. The molecular formula is C14H13N3O4S. The number of nitrogens with zero attached hydrogens (tertiary/aromatic N) is 2. The quantitative estimate of drug-likeness (QED) is 0.517. The van der Waals surface area contributed by atoms with Crippen molar-refractivity contribution in [1.82, 2.24) is 5.32 Å². The van der Waals surface area contributed by atoms with Crippen molar-refractivity contribution in [2.75, 3.05) is 6.61 Å². The molecular weight excluding hydrogens is 306 g/mol. The molecule has 2 unspecified atom stereocenters. The molecule has 0 saturated carbocycles. The molecule has 2 aliphatic rings. The number of hydrogen-bond donors (Lipinski definition) is 1. The molecule has 0 spiro atoms. The number of benzene rings is 1. The van der Waals surface area contributed by atoms with Crippen LogP contribution in [0.4, 0.5) is 5.69 Å². The van der Waals surface area contributed by atoms with Gasteiger partial charge in [-0.1, -0.05) is 11.8 Å². The summed E-state index contributed by atoms with van der Waals surface area (Å²) in [6, 6.07) is 6.28. The monoisotopic (exact) mass is 319 g/mol. The van der Waals surface area contributed by atoms with Crippen molar-refractivity contribution in [3.8, 4) is 0 Å². The van der Waals surface area contributed by atoms with Gasteiger partial charge >= 0.3 is 5.97 Å². The maximum absolute atomic E-state index is 11.7. The average Bonchev–Trinajstić information content (AvgIpc) is 3.06. The van der Waals surface area contributed by atoms with E-state index in [9.17, 15) is 14.9 Å². The fourth-order valence-corrected chi connectivity index (χ4v) is 3.41. The van der Waals surface area contributed by atoms with Crippen molar-refractivity contribution in [2.24, 2.45) is 4.99 Å². The minimum atomic E-state index is -0.433. The van der Waals surface area contributed by atoms with Crippen LogP contribution in [-0.2, 0) is 9.53 Å². The largest absolute Gasteiger partial charge is 0.461 e. The molecule has 22 heavy (non-hydrogen) atoms. The summed E-state index contributed by atoms with van der Waals surface area (Å²) in [7, 11) is 0. The summed E-state index contributed by atoms with van der Waals surface area (Å²) in [6.07, 6.45) is 1.62. The second-order valence-electron chi connectivity index (χ2n) is 4.71. The normalized spacial score (nSPS) is 22.4. The fraction of sp³-hybridized carbons (Fsp3) is 0.286. The molecule has 2 aliphatic heterocycles. The van der Waals surface area contributed by atoms with E-state index in [4.69, 9.17) is 4.74 Å². The number of thioether (sulfide) groups is 1. The number of nitro benzene ring substituents is 1. The number of hydrogen-bond acceptors (Lipinski definition) is 7. The first-order chi connectivity index (χ1) is 10.6. The van der Waals surface area contributed by atoms with E-state index < -0.39 is 4.92 Å². The summed E-state index contributed by atoms with van der Waals surface area (Å²) < 4.78 is 4.95. The van der Waals surface area contributed by atoms with Crippen LogP contribution in [0.25, 0.3) is 0 Å². The van der Waals surface area contributed by atoms with Gasteiger partial charge < -0.3 is 10.1 Å². The van der Waals surface area contributed by atoms with Crippen LogP contribution >= 0.6 is 11.8 Å². The molecule has 3 rings (SSSR count). The van der Waals surface area contributed by atoms with E-state index >= 15 is 0 Å². The van der Waals surface area contributed by atoms with Crippen LogP contribution in [0, 0.1) is 10.1 Å². The van der Waals surface area contributed by atoms with Gasteiger partial charge in [-0.3, -0.25) is 15.1 Å². The molecule has 1 N–H and O–H groups in total. The molecule has 7 nitrogen and oxygen atoms in total. The minimum absolute atomic E-state index is 0.0320. The topological polar surface area (TPSA) is 93.8 Å². The maximum atomic E-state index is 11.7. The van der Waals surface area contributed by atoms with E-state index in [0.29, 0.717) is 12.3 Å². The van der Waals surface area contributed by atoms with Crippen LogP contribution in [0.5, 0.6) is 0 Å². The number of non-ortho nitro benzene ring substituents is 1. The van der Waals surface area contributed by atoms with Gasteiger partial charge in [-0.05, 0) is 25.1 Å². The van der Waals surface area contributed by atoms with E-state index in [2.05, 4.69) is 10.3 Å². The number of rotatable bonds is 4. The molecule has 1 aromatic carbocycles. The second-order valence-corrected chi connectivity index (χ2v) is 5.88. The van der Waals surface area contributed by atoms with E-state index in [0.717, 1.165) is 10.6 Å². The Bertz CT molecular complexity index is 684. The van der Waals surface area contributed by atoms with Crippen LogP contribution in [-0.4, -0.2) is 34.0 Å². The van der Waals surface area contributed by atoms with Gasteiger partial charge in [-0.2, -0.15) is 0 Å². The zero-order valence-corrected chi connectivity index (χ0v) is 12.5. The smallest absolute Gasteiger partial charge is 0.354 e. The number of esters is 1. The lowest BCUT2D eigenvalue weighted by Gasteiger charge is -2.07. The maximum Gasteiger partial charge on any atom is 0.354 e. The average molecular weight is 319 g/mol. The van der Waals surface area contributed by atoms with Gasteiger partial charge in [0.15, 0.2) is 0 Å². The van der Waals surface area contributed by atoms with Crippen LogP contribution in [0.15, 0.2) is 41.0 Å². The molecule has 0 aromatic heterocycles. The highest BCUT2D eigenvalue weighted by molar-refractivity contribution is 8.15. The third kappa shape index (κ3) is 2.69. The van der Waals surface area contributed by atoms with Gasteiger partial charge in [0.1, 0.15) is 16.9 Å². The lowest BCUT2D eigenvalue weighted by atomic mass is 10.2. The molecule has 0 aliphatic carbocycles. The molecule has 0 radical (unpaired) electrons. The number of ether oxygens (including phenoxy) is 1. The van der Waals surface area contributed by atoms with Gasteiger partial charge in [-0.15, -0.1) is 0 Å². The molecule has 2 atom stereocenters. The van der Waals surface area contributed by atoms with E-state index in [-0.39, 0.29) is 23.1 Å². The summed E-state index contributed by atoms with van der Waals surface area (Å²) in [4.78, 5) is 26.4. The van der Waals surface area contributed by atoms with Gasteiger partial charge in [0, 0.05) is 17.7 Å². The van der Waals surface area contributed by atoms with Crippen LogP contribution in [0.3, 0.4) is 0 Å². The highest BCUT2D eigenvalue weighted by Crippen LogP contribution is 2.34. The zero-order valence-electron chi connectivity index (χ0n) is 11.7. The highest BCUT2D eigenvalue weighted by Gasteiger charge is 2.36. The van der Waals surface area contributed by atoms with E-state index in [1.807, 2.05) is 6.08 Å². The number of carbonyl (C=O) groups is 1. The summed E-state index contributed by atoms with van der Waals surface area (Å²) in [6.45, 7) is 2.09. The fourth-order valence-electron chi connectivity index (χ4n) is 2.24. The SMILES string of the molecule is CCOC(=O)C1=CC2SC(c3ccc([N+](=O)[O-])cc3)=NC2N1. The number of nitro groups is 1. The number of fused-ring (bicyclic) bond motifs is 1. The van der Waals surface area contributed by atoms with Crippen LogP contribution in [0.1, 0.15) is 12.5 Å². The van der Waals surface area contributed by atoms with Crippen LogP contribution in [0.2, 0.25) is 0 Å². The zero-order chi connectivity index (χ0) is 15.7. The Morgan fingerprint density at radius 1 is 1.45 bits per heavy atom. The molecule has 0 bridgehead atoms. The predicted octanol–water partition coefficient (Wildman–Crippen LogP) is 1.83. The van der Waals surface area contributed by atoms with E-state index in [1.165, 1.54) is 23.9 Å². The highest BCUT2D eigenvalue weighted by atomic mass is 32.2. The predicted molar refractivity (Wildman–Crippen MR) is 82.7 cm³/mol. The minimum Gasteiger partial charge on any atom is -0.461 e.